The van der Waals surface area contributed by atoms with E-state index < -0.39 is 0 Å². The van der Waals surface area contributed by atoms with Crippen LogP contribution in [-0.4, -0.2) is 0 Å². The third-order valence-corrected chi connectivity index (χ3v) is 5.40. The first kappa shape index (κ1) is 22.7. The van der Waals surface area contributed by atoms with Crippen LogP contribution in [0.3, 0.4) is 0 Å². The number of hydrogen-bond acceptors (Lipinski definition) is 0. The highest BCUT2D eigenvalue weighted by Crippen LogP contribution is 2.53. The topological polar surface area (TPSA) is 0 Å². The maximum atomic E-state index is 2.37. The average Bonchev–Trinajstić information content (AvgIpc) is 3.05. The monoisotopic (exact) mass is 384 g/mol. The van der Waals surface area contributed by atoms with Gasteiger partial charge in [-0.3, -0.25) is 0 Å². The van der Waals surface area contributed by atoms with Crippen molar-refractivity contribution in [3.63, 3.8) is 0 Å². The van der Waals surface area contributed by atoms with Gasteiger partial charge in [-0.15, -0.1) is 0 Å². The first-order valence-electron chi connectivity index (χ1n) is 11.2. The Morgan fingerprint density at radius 1 is 0.448 bits per heavy atom. The van der Waals surface area contributed by atoms with Crippen LogP contribution in [-0.2, 0) is 5.41 Å². The second-order valence-corrected chi connectivity index (χ2v) is 7.04. The van der Waals surface area contributed by atoms with Crippen LogP contribution in [0, 0.1) is 0 Å². The average molecular weight is 385 g/mol. The molecule has 0 unspecified atom stereocenters. The van der Waals surface area contributed by atoms with Crippen molar-refractivity contribution < 1.29 is 0 Å². The van der Waals surface area contributed by atoms with Crippen LogP contribution in [0.4, 0.5) is 0 Å². The Balaban J connectivity index is 0.000000461. The van der Waals surface area contributed by atoms with Gasteiger partial charge in [-0.25, -0.2) is 0 Å². The maximum Gasteiger partial charge on any atom is 0.0171 e. The highest BCUT2D eigenvalue weighted by atomic mass is 14.4. The van der Waals surface area contributed by atoms with E-state index in [4.69, 9.17) is 0 Å². The van der Waals surface area contributed by atoms with Gasteiger partial charge in [0.05, 0.1) is 0 Å². The molecule has 0 radical (unpaired) electrons. The Kier molecular flexibility index (Phi) is 7.62. The molecule has 0 saturated heterocycles. The molecule has 0 saturated carbocycles. The summed E-state index contributed by atoms with van der Waals surface area (Å²) in [7, 11) is 0. The minimum Gasteiger partial charge on any atom is -0.0683 e. The van der Waals surface area contributed by atoms with Gasteiger partial charge < -0.3 is 0 Å². The summed E-state index contributed by atoms with van der Waals surface area (Å²) in [4.78, 5) is 0. The van der Waals surface area contributed by atoms with E-state index in [1.165, 1.54) is 43.8 Å². The van der Waals surface area contributed by atoms with Gasteiger partial charge in [0.25, 0.3) is 0 Å². The van der Waals surface area contributed by atoms with Gasteiger partial charge in [0, 0.05) is 5.41 Å². The van der Waals surface area contributed by atoms with Crippen molar-refractivity contribution in [3.8, 4) is 11.1 Å². The van der Waals surface area contributed by atoms with E-state index in [0.29, 0.717) is 0 Å². The molecule has 0 atom stereocenters. The van der Waals surface area contributed by atoms with E-state index >= 15 is 0 Å². The summed E-state index contributed by atoms with van der Waals surface area (Å²) in [6.45, 7) is 16.7. The van der Waals surface area contributed by atoms with Gasteiger partial charge in [-0.1, -0.05) is 128 Å². The van der Waals surface area contributed by atoms with Crippen LogP contribution in [0.5, 0.6) is 0 Å². The van der Waals surface area contributed by atoms with Gasteiger partial charge in [0.1, 0.15) is 0 Å². The van der Waals surface area contributed by atoms with Crippen molar-refractivity contribution >= 4 is 21.5 Å². The van der Waals surface area contributed by atoms with E-state index in [0.717, 1.165) is 0 Å². The fourth-order valence-electron chi connectivity index (χ4n) is 4.46. The summed E-state index contributed by atoms with van der Waals surface area (Å²) in [6.07, 6.45) is 0. The Morgan fingerprint density at radius 2 is 0.793 bits per heavy atom. The van der Waals surface area contributed by atoms with Gasteiger partial charge in [0.15, 0.2) is 0 Å². The minimum absolute atomic E-state index is 0.0202. The SMILES string of the molecule is CC.CC.CC.CC1(C)c2c(ccc3ccccc23)-c2ccc3ccccc3c21. The molecule has 0 spiro atoms. The second kappa shape index (κ2) is 9.74. The number of rotatable bonds is 0. The van der Waals surface area contributed by atoms with Crippen LogP contribution in [0.25, 0.3) is 32.7 Å². The van der Waals surface area contributed by atoms with Gasteiger partial charge >= 0.3 is 0 Å². The molecule has 0 heterocycles. The van der Waals surface area contributed by atoms with E-state index in [2.05, 4.69) is 86.6 Å². The van der Waals surface area contributed by atoms with E-state index in [1.807, 2.05) is 41.5 Å². The van der Waals surface area contributed by atoms with Crippen molar-refractivity contribution in [1.29, 1.82) is 0 Å². The maximum absolute atomic E-state index is 2.37. The van der Waals surface area contributed by atoms with E-state index in [-0.39, 0.29) is 5.41 Å². The molecule has 0 heteroatoms. The van der Waals surface area contributed by atoms with Crippen molar-refractivity contribution in [1.82, 2.24) is 0 Å². The molecule has 4 aromatic rings. The predicted octanol–water partition coefficient (Wildman–Crippen LogP) is 9.38. The Hall–Kier alpha value is -2.60. The van der Waals surface area contributed by atoms with Gasteiger partial charge in [-0.2, -0.15) is 0 Å². The molecule has 152 valence electrons. The van der Waals surface area contributed by atoms with E-state index in [1.54, 1.807) is 0 Å². The zero-order valence-corrected chi connectivity index (χ0v) is 19.4. The van der Waals surface area contributed by atoms with Crippen molar-refractivity contribution in [2.75, 3.05) is 0 Å². The van der Waals surface area contributed by atoms with Gasteiger partial charge in [0.2, 0.25) is 0 Å². The fourth-order valence-corrected chi connectivity index (χ4v) is 4.46. The van der Waals surface area contributed by atoms with Crippen LogP contribution in [0.2, 0.25) is 0 Å². The van der Waals surface area contributed by atoms with Crippen molar-refractivity contribution in [2.45, 2.75) is 60.8 Å². The van der Waals surface area contributed by atoms with Crippen LogP contribution >= 0.6 is 0 Å². The van der Waals surface area contributed by atoms with Gasteiger partial charge in [-0.05, 0) is 43.8 Å². The number of hydrogen-bond donors (Lipinski definition) is 0. The normalized spacial score (nSPS) is 12.4. The lowest BCUT2D eigenvalue weighted by molar-refractivity contribution is 0.672. The van der Waals surface area contributed by atoms with Crippen LogP contribution in [0.15, 0.2) is 72.8 Å². The Labute approximate surface area is 177 Å². The molecule has 0 aromatic heterocycles. The van der Waals surface area contributed by atoms with Crippen LogP contribution < -0.4 is 0 Å². The molecule has 29 heavy (non-hydrogen) atoms. The van der Waals surface area contributed by atoms with Crippen molar-refractivity contribution in [2.24, 2.45) is 0 Å². The lowest BCUT2D eigenvalue weighted by Crippen LogP contribution is -2.16. The van der Waals surface area contributed by atoms with Crippen LogP contribution in [0.1, 0.15) is 66.5 Å². The summed E-state index contributed by atoms with van der Waals surface area (Å²) >= 11 is 0. The largest absolute Gasteiger partial charge is 0.0683 e. The lowest BCUT2D eigenvalue weighted by Gasteiger charge is -2.24. The molecular weight excluding hydrogens is 348 g/mol. The molecule has 0 nitrogen and oxygen atoms in total. The second-order valence-electron chi connectivity index (χ2n) is 7.04. The minimum atomic E-state index is 0.0202. The molecule has 0 fully saturated rings. The predicted molar refractivity (Wildman–Crippen MR) is 133 cm³/mol. The Bertz CT molecular complexity index is 996. The quantitative estimate of drug-likeness (QED) is 0.283. The highest BCUT2D eigenvalue weighted by Gasteiger charge is 2.37. The third kappa shape index (κ3) is 3.69. The zero-order chi connectivity index (χ0) is 21.6. The zero-order valence-electron chi connectivity index (χ0n) is 19.4. The molecule has 0 amide bonds. The molecule has 0 aliphatic heterocycles. The molecule has 4 aromatic carbocycles. The number of benzene rings is 4. The molecule has 1 aliphatic rings. The molecule has 0 bridgehead atoms. The van der Waals surface area contributed by atoms with E-state index in [9.17, 15) is 0 Å². The summed E-state index contributed by atoms with van der Waals surface area (Å²) in [6, 6.07) is 26.6. The summed E-state index contributed by atoms with van der Waals surface area (Å²) < 4.78 is 0. The fraction of sp³-hybridized carbons (Fsp3) is 0.310. The standard InChI is InChI=1S/C23H18.3C2H6/c1-23(2)21-17-9-5-3-7-15(17)11-13-19(21)20-14-12-16-8-4-6-10-18(16)22(20)23;3*1-2/h3-14H,1-2H3;3*1-2H3. The molecule has 0 N–H and O–H groups in total. The lowest BCUT2D eigenvalue weighted by atomic mass is 9.78. The summed E-state index contributed by atoms with van der Waals surface area (Å²) in [5.41, 5.74) is 5.76. The third-order valence-electron chi connectivity index (χ3n) is 5.40. The Morgan fingerprint density at radius 3 is 1.17 bits per heavy atom. The summed E-state index contributed by atoms with van der Waals surface area (Å²) in [5, 5.41) is 5.43. The number of fused-ring (bicyclic) bond motifs is 7. The molecular formula is C29H36. The first-order chi connectivity index (χ1) is 14.2. The first-order valence-corrected chi connectivity index (χ1v) is 11.2. The summed E-state index contributed by atoms with van der Waals surface area (Å²) in [5.74, 6) is 0. The molecule has 1 aliphatic carbocycles. The smallest absolute Gasteiger partial charge is 0.0171 e. The van der Waals surface area contributed by atoms with Crippen molar-refractivity contribution in [3.05, 3.63) is 83.9 Å². The highest BCUT2D eigenvalue weighted by molar-refractivity contribution is 6.03. The molecule has 5 rings (SSSR count).